The van der Waals surface area contributed by atoms with Crippen LogP contribution in [0.2, 0.25) is 0 Å². The van der Waals surface area contributed by atoms with Crippen molar-refractivity contribution in [3.63, 3.8) is 0 Å². The van der Waals surface area contributed by atoms with Gasteiger partial charge in [0.2, 0.25) is 0 Å². The van der Waals surface area contributed by atoms with Crippen LogP contribution >= 0.6 is 20.3 Å². The van der Waals surface area contributed by atoms with Crippen LogP contribution in [0.4, 0.5) is 0 Å². The molecule has 3 heteroatoms. The fourth-order valence-electron chi connectivity index (χ4n) is 3.98. The topological polar surface area (TPSA) is 12.0 Å². The Morgan fingerprint density at radius 2 is 1.53 bits per heavy atom. The summed E-state index contributed by atoms with van der Waals surface area (Å²) in [6.07, 6.45) is 21.5. The van der Waals surface area contributed by atoms with E-state index in [1.807, 2.05) is 11.8 Å². The second-order valence-electron chi connectivity index (χ2n) is 10.1. The molecular formula is C29H58NPS. The largest absolute Gasteiger partial charge is 0.317 e. The van der Waals surface area contributed by atoms with Gasteiger partial charge < -0.3 is 5.32 Å². The van der Waals surface area contributed by atoms with Gasteiger partial charge in [-0.15, -0.1) is 20.3 Å². The molecule has 4 unspecified atom stereocenters. The van der Waals surface area contributed by atoms with E-state index in [4.69, 9.17) is 0 Å². The highest BCUT2D eigenvalue weighted by atomic mass is 32.2. The molecule has 0 aromatic rings. The van der Waals surface area contributed by atoms with Gasteiger partial charge >= 0.3 is 0 Å². The van der Waals surface area contributed by atoms with Gasteiger partial charge in [-0.1, -0.05) is 104 Å². The number of hydrogen-bond acceptors (Lipinski definition) is 2. The normalized spacial score (nSPS) is 14.7. The highest BCUT2D eigenvalue weighted by Crippen LogP contribution is 2.26. The van der Waals surface area contributed by atoms with Crippen molar-refractivity contribution in [1.29, 1.82) is 0 Å². The predicted molar refractivity (Wildman–Crippen MR) is 156 cm³/mol. The van der Waals surface area contributed by atoms with E-state index in [0.717, 1.165) is 39.7 Å². The number of nitrogens with one attached hydrogen (secondary N) is 1. The zero-order chi connectivity index (χ0) is 24.0. The second-order valence-corrected chi connectivity index (χ2v) is 12.8. The van der Waals surface area contributed by atoms with Crippen molar-refractivity contribution in [1.82, 2.24) is 5.32 Å². The summed E-state index contributed by atoms with van der Waals surface area (Å²) in [5, 5.41) is 3.55. The molecule has 0 heterocycles. The van der Waals surface area contributed by atoms with Crippen LogP contribution in [0.25, 0.3) is 0 Å². The van der Waals surface area contributed by atoms with Crippen molar-refractivity contribution in [2.75, 3.05) is 25.1 Å². The lowest BCUT2D eigenvalue weighted by Crippen LogP contribution is -2.27. The van der Waals surface area contributed by atoms with Gasteiger partial charge in [-0.3, -0.25) is 0 Å². The predicted octanol–water partition coefficient (Wildman–Crippen LogP) is 9.83. The van der Waals surface area contributed by atoms with Crippen LogP contribution in [0.3, 0.4) is 0 Å². The number of unbranched alkanes of at least 4 members (excludes halogenated alkanes) is 5. The Morgan fingerprint density at radius 3 is 2.19 bits per heavy atom. The van der Waals surface area contributed by atoms with Crippen molar-refractivity contribution >= 4 is 20.3 Å². The maximum absolute atomic E-state index is 4.34. The first-order chi connectivity index (χ1) is 15.4. The molecule has 0 spiro atoms. The van der Waals surface area contributed by atoms with Gasteiger partial charge in [-0.2, -0.15) is 0 Å². The standard InChI is InChI=1S/C29H58NPS/c1-8-16-26(4)17-14-12-10-11-13-15-22-31-23-29(30-7)21-19-27(5)18-20-28(6)32-24-25(3)9-2/h25-26,29-31H,5-6,8-24H2,1-4,7H3. The van der Waals surface area contributed by atoms with Crippen molar-refractivity contribution < 1.29 is 0 Å². The summed E-state index contributed by atoms with van der Waals surface area (Å²) in [4.78, 5) is 1.34. The Labute approximate surface area is 209 Å². The molecule has 0 aliphatic rings. The lowest BCUT2D eigenvalue weighted by atomic mass is 9.98. The molecule has 32 heavy (non-hydrogen) atoms. The Hall–Kier alpha value is 0.220. The van der Waals surface area contributed by atoms with E-state index in [2.05, 4.69) is 53.2 Å². The molecular weight excluding hydrogens is 425 g/mol. The molecule has 0 aromatic heterocycles. The van der Waals surface area contributed by atoms with E-state index in [9.17, 15) is 0 Å². The van der Waals surface area contributed by atoms with Gasteiger partial charge in [0.1, 0.15) is 0 Å². The molecule has 1 N–H and O–H groups in total. The second kappa shape index (κ2) is 23.0. The first kappa shape index (κ1) is 32.2. The quantitative estimate of drug-likeness (QED) is 0.0832. The van der Waals surface area contributed by atoms with Crippen LogP contribution in [0.5, 0.6) is 0 Å². The molecule has 1 nitrogen and oxygen atoms in total. The van der Waals surface area contributed by atoms with Gasteiger partial charge in [0.15, 0.2) is 0 Å². The Morgan fingerprint density at radius 1 is 0.844 bits per heavy atom. The summed E-state index contributed by atoms with van der Waals surface area (Å²) >= 11 is 1.96. The third-order valence-corrected chi connectivity index (χ3v) is 9.59. The fraction of sp³-hybridized carbons (Fsp3) is 0.862. The van der Waals surface area contributed by atoms with Crippen LogP contribution in [0.1, 0.15) is 118 Å². The molecule has 0 rings (SSSR count). The summed E-state index contributed by atoms with van der Waals surface area (Å²) in [7, 11) is 3.25. The van der Waals surface area contributed by atoms with Gasteiger partial charge in [-0.25, -0.2) is 0 Å². The number of allylic oxidation sites excluding steroid dienone is 2. The van der Waals surface area contributed by atoms with Gasteiger partial charge in [0.05, 0.1) is 0 Å². The summed E-state index contributed by atoms with van der Waals surface area (Å²) in [6, 6.07) is 0.665. The molecule has 0 amide bonds. The molecule has 0 radical (unpaired) electrons. The minimum Gasteiger partial charge on any atom is -0.317 e. The van der Waals surface area contributed by atoms with E-state index in [1.54, 1.807) is 0 Å². The highest BCUT2D eigenvalue weighted by Gasteiger charge is 2.08. The number of hydrogen-bond donors (Lipinski definition) is 1. The van der Waals surface area contributed by atoms with Crippen molar-refractivity contribution in [3.8, 4) is 0 Å². The highest BCUT2D eigenvalue weighted by molar-refractivity contribution is 8.03. The first-order valence-electron chi connectivity index (χ1n) is 13.8. The summed E-state index contributed by atoms with van der Waals surface area (Å²) < 4.78 is 0. The molecule has 0 fully saturated rings. The Bertz CT molecular complexity index is 450. The van der Waals surface area contributed by atoms with Crippen LogP contribution in [0.15, 0.2) is 23.6 Å². The molecule has 190 valence electrons. The van der Waals surface area contributed by atoms with Crippen molar-refractivity contribution in [3.05, 3.63) is 23.6 Å². The van der Waals surface area contributed by atoms with E-state index >= 15 is 0 Å². The first-order valence-corrected chi connectivity index (χ1v) is 16.2. The van der Waals surface area contributed by atoms with Crippen LogP contribution < -0.4 is 5.32 Å². The van der Waals surface area contributed by atoms with Gasteiger partial charge in [0, 0.05) is 11.8 Å². The van der Waals surface area contributed by atoms with E-state index in [-0.39, 0.29) is 0 Å². The van der Waals surface area contributed by atoms with E-state index in [0.29, 0.717) is 6.04 Å². The molecule has 4 atom stereocenters. The van der Waals surface area contributed by atoms with Gasteiger partial charge in [0.25, 0.3) is 0 Å². The molecule has 0 saturated heterocycles. The lowest BCUT2D eigenvalue weighted by molar-refractivity contribution is 0.452. The summed E-state index contributed by atoms with van der Waals surface area (Å²) in [5.74, 6) is 2.95. The maximum atomic E-state index is 4.34. The average molecular weight is 484 g/mol. The summed E-state index contributed by atoms with van der Waals surface area (Å²) in [5.41, 5.74) is 1.41. The molecule has 0 aliphatic heterocycles. The average Bonchev–Trinajstić information content (AvgIpc) is 2.79. The van der Waals surface area contributed by atoms with E-state index in [1.165, 1.54) is 99.2 Å². The van der Waals surface area contributed by atoms with Crippen molar-refractivity contribution in [2.45, 2.75) is 124 Å². The SMILES string of the molecule is C=C(CCC(=C)SCC(C)CC)CCC(CPCCCCCCCCC(C)CCC)NC. The minimum absolute atomic E-state index is 0.665. The van der Waals surface area contributed by atoms with Crippen LogP contribution in [0, 0.1) is 11.8 Å². The zero-order valence-corrected chi connectivity index (χ0v) is 24.4. The zero-order valence-electron chi connectivity index (χ0n) is 22.6. The van der Waals surface area contributed by atoms with Crippen LogP contribution in [-0.2, 0) is 0 Å². The molecule has 0 bridgehead atoms. The molecule has 0 aromatic carbocycles. The molecule has 0 saturated carbocycles. The monoisotopic (exact) mass is 483 g/mol. The smallest absolute Gasteiger partial charge is 0.0104 e. The van der Waals surface area contributed by atoms with Gasteiger partial charge in [-0.05, 0) is 68.2 Å². The van der Waals surface area contributed by atoms with E-state index < -0.39 is 0 Å². The Balaban J connectivity index is 3.63. The third-order valence-electron chi connectivity index (χ3n) is 6.75. The third kappa shape index (κ3) is 20.8. The Kier molecular flexibility index (Phi) is 23.1. The number of thioether (sulfide) groups is 1. The fourth-order valence-corrected chi connectivity index (χ4v) is 6.44. The molecule has 0 aliphatic carbocycles. The van der Waals surface area contributed by atoms with Crippen LogP contribution in [-0.4, -0.2) is 31.2 Å². The minimum atomic E-state index is 0.665. The maximum Gasteiger partial charge on any atom is 0.0104 e. The summed E-state index contributed by atoms with van der Waals surface area (Å²) in [6.45, 7) is 17.9. The lowest BCUT2D eigenvalue weighted by Gasteiger charge is -2.17. The number of rotatable bonds is 24. The van der Waals surface area contributed by atoms with Crippen molar-refractivity contribution in [2.24, 2.45) is 11.8 Å².